The number of fused-ring (bicyclic) bond motifs is 1. The van der Waals surface area contributed by atoms with Crippen molar-refractivity contribution >= 4 is 21.6 Å². The summed E-state index contributed by atoms with van der Waals surface area (Å²) in [5, 5.41) is 1.04. The van der Waals surface area contributed by atoms with E-state index in [1.54, 1.807) is 0 Å². The predicted octanol–water partition coefficient (Wildman–Crippen LogP) is 4.08. The van der Waals surface area contributed by atoms with E-state index in [9.17, 15) is 0 Å². The Morgan fingerprint density at radius 2 is 2.00 bits per heavy atom. The molecule has 0 amide bonds. The normalized spacial score (nSPS) is 17.7. The van der Waals surface area contributed by atoms with E-state index in [1.807, 2.05) is 0 Å². The molecule has 1 heterocycles. The number of anilines is 1. The first-order valence-electron chi connectivity index (χ1n) is 5.71. The van der Waals surface area contributed by atoms with Gasteiger partial charge in [-0.15, -0.1) is 0 Å². The molecular weight excluding hydrogens is 262 g/mol. The van der Waals surface area contributed by atoms with Crippen LogP contribution in [0.5, 0.6) is 0 Å². The van der Waals surface area contributed by atoms with Crippen LogP contribution in [-0.4, -0.2) is 11.9 Å². The second-order valence-electron chi connectivity index (χ2n) is 4.78. The minimum atomic E-state index is 0.0723. The third-order valence-corrected chi connectivity index (χ3v) is 3.99. The van der Waals surface area contributed by atoms with Crippen LogP contribution in [0.1, 0.15) is 25.8 Å². The van der Waals surface area contributed by atoms with E-state index in [0.717, 1.165) is 18.3 Å². The molecular formula is C14H18BrN. The first-order valence-corrected chi connectivity index (χ1v) is 6.83. The number of nitrogens with zero attached hydrogens (tertiary/aromatic N) is 1. The molecule has 86 valence electrons. The lowest BCUT2D eigenvalue weighted by atomic mass is 9.84. The van der Waals surface area contributed by atoms with E-state index in [4.69, 9.17) is 0 Å². The van der Waals surface area contributed by atoms with Crippen LogP contribution >= 0.6 is 15.9 Å². The van der Waals surface area contributed by atoms with Crippen molar-refractivity contribution in [2.75, 3.05) is 16.8 Å². The van der Waals surface area contributed by atoms with E-state index in [1.165, 1.54) is 16.9 Å². The number of benzene rings is 1. The van der Waals surface area contributed by atoms with Crippen molar-refractivity contribution in [3.05, 3.63) is 42.1 Å². The van der Waals surface area contributed by atoms with E-state index in [2.05, 4.69) is 65.5 Å². The molecule has 1 aromatic rings. The number of hydrogen-bond donors (Lipinski definition) is 0. The topological polar surface area (TPSA) is 3.24 Å². The Bertz CT molecular complexity index is 409. The van der Waals surface area contributed by atoms with Gasteiger partial charge in [0.2, 0.25) is 0 Å². The molecule has 0 radical (unpaired) electrons. The largest absolute Gasteiger partial charge is 0.345 e. The van der Waals surface area contributed by atoms with Gasteiger partial charge in [-0.05, 0) is 18.1 Å². The number of para-hydroxylation sites is 1. The lowest BCUT2D eigenvalue weighted by molar-refractivity contribution is 0.632. The monoisotopic (exact) mass is 279 g/mol. The number of alkyl halides is 1. The zero-order valence-corrected chi connectivity index (χ0v) is 11.5. The van der Waals surface area contributed by atoms with Gasteiger partial charge in [0.15, 0.2) is 0 Å². The minimum Gasteiger partial charge on any atom is -0.345 e. The van der Waals surface area contributed by atoms with E-state index < -0.39 is 0 Å². The summed E-state index contributed by atoms with van der Waals surface area (Å²) in [4.78, 5) is 2.36. The van der Waals surface area contributed by atoms with Crippen LogP contribution in [0, 0.1) is 0 Å². The first-order chi connectivity index (χ1) is 7.59. The van der Waals surface area contributed by atoms with Crippen LogP contribution in [0.3, 0.4) is 0 Å². The summed E-state index contributed by atoms with van der Waals surface area (Å²) < 4.78 is 0. The fourth-order valence-corrected chi connectivity index (χ4v) is 2.60. The molecule has 0 N–H and O–H groups in total. The second kappa shape index (κ2) is 4.25. The Balaban J connectivity index is 2.39. The van der Waals surface area contributed by atoms with Gasteiger partial charge < -0.3 is 4.90 Å². The van der Waals surface area contributed by atoms with Crippen molar-refractivity contribution in [3.8, 4) is 0 Å². The summed E-state index contributed by atoms with van der Waals surface area (Å²) in [6, 6.07) is 8.63. The standard InChI is InChI=1S/C14H18BrN/c1-11-14(2,3)12-7-4-5-8-13(12)16(11)10-6-9-15/h4-5,7-8H,1,6,9-10H2,2-3H3. The molecule has 0 saturated carbocycles. The van der Waals surface area contributed by atoms with Crippen LogP contribution in [-0.2, 0) is 5.41 Å². The summed E-state index contributed by atoms with van der Waals surface area (Å²) in [6.45, 7) is 9.82. The molecule has 0 aromatic heterocycles. The molecule has 1 aliphatic rings. The van der Waals surface area contributed by atoms with Crippen LogP contribution in [0.15, 0.2) is 36.5 Å². The molecule has 0 saturated heterocycles. The molecule has 0 fully saturated rings. The van der Waals surface area contributed by atoms with Gasteiger partial charge in [-0.1, -0.05) is 54.6 Å². The molecule has 0 atom stereocenters. The van der Waals surface area contributed by atoms with E-state index in [0.29, 0.717) is 0 Å². The fraction of sp³-hybridized carbons (Fsp3) is 0.429. The van der Waals surface area contributed by atoms with Crippen LogP contribution < -0.4 is 4.90 Å². The highest BCUT2D eigenvalue weighted by molar-refractivity contribution is 9.09. The third kappa shape index (κ3) is 1.69. The van der Waals surface area contributed by atoms with Gasteiger partial charge in [0.25, 0.3) is 0 Å². The quantitative estimate of drug-likeness (QED) is 0.754. The summed E-state index contributed by atoms with van der Waals surface area (Å²) >= 11 is 3.49. The maximum atomic E-state index is 4.27. The Hall–Kier alpha value is -0.760. The molecule has 16 heavy (non-hydrogen) atoms. The van der Waals surface area contributed by atoms with Gasteiger partial charge in [-0.25, -0.2) is 0 Å². The van der Waals surface area contributed by atoms with Crippen molar-refractivity contribution in [1.82, 2.24) is 0 Å². The zero-order valence-electron chi connectivity index (χ0n) is 9.96. The highest BCUT2D eigenvalue weighted by Crippen LogP contribution is 2.46. The van der Waals surface area contributed by atoms with Gasteiger partial charge >= 0.3 is 0 Å². The van der Waals surface area contributed by atoms with Crippen molar-refractivity contribution in [3.63, 3.8) is 0 Å². The molecule has 1 nitrogen and oxygen atoms in total. The molecule has 1 aromatic carbocycles. The van der Waals surface area contributed by atoms with Gasteiger partial charge in [0.05, 0.1) is 0 Å². The molecule has 0 aliphatic carbocycles. The van der Waals surface area contributed by atoms with Gasteiger partial charge in [0, 0.05) is 28.7 Å². The summed E-state index contributed by atoms with van der Waals surface area (Å²) in [5.41, 5.74) is 4.02. The number of hydrogen-bond acceptors (Lipinski definition) is 1. The Kier molecular flexibility index (Phi) is 3.11. The van der Waals surface area contributed by atoms with Crippen LogP contribution in [0.4, 0.5) is 5.69 Å². The number of allylic oxidation sites excluding steroid dienone is 1. The predicted molar refractivity (Wildman–Crippen MR) is 74.4 cm³/mol. The lowest BCUT2D eigenvalue weighted by Gasteiger charge is -2.25. The van der Waals surface area contributed by atoms with Gasteiger partial charge in [-0.2, -0.15) is 0 Å². The SMILES string of the molecule is C=C1N(CCCBr)c2ccccc2C1(C)C. The molecule has 2 rings (SSSR count). The number of halogens is 1. The highest BCUT2D eigenvalue weighted by Gasteiger charge is 2.37. The van der Waals surface area contributed by atoms with Gasteiger partial charge in [0.1, 0.15) is 0 Å². The summed E-state index contributed by atoms with van der Waals surface area (Å²) in [7, 11) is 0. The minimum absolute atomic E-state index is 0.0723. The average Bonchev–Trinajstić information content (AvgIpc) is 2.47. The van der Waals surface area contributed by atoms with Crippen molar-refractivity contribution in [1.29, 1.82) is 0 Å². The first kappa shape index (κ1) is 11.7. The second-order valence-corrected chi connectivity index (χ2v) is 5.58. The summed E-state index contributed by atoms with van der Waals surface area (Å²) in [6.07, 6.45) is 1.14. The van der Waals surface area contributed by atoms with Crippen molar-refractivity contribution in [2.45, 2.75) is 25.7 Å². The Morgan fingerprint density at radius 1 is 1.31 bits per heavy atom. The molecule has 0 unspecified atom stereocenters. The Morgan fingerprint density at radius 3 is 2.69 bits per heavy atom. The molecule has 1 aliphatic heterocycles. The van der Waals surface area contributed by atoms with Crippen molar-refractivity contribution < 1.29 is 0 Å². The third-order valence-electron chi connectivity index (χ3n) is 3.43. The average molecular weight is 280 g/mol. The van der Waals surface area contributed by atoms with Crippen LogP contribution in [0.2, 0.25) is 0 Å². The number of rotatable bonds is 3. The highest BCUT2D eigenvalue weighted by atomic mass is 79.9. The molecule has 2 heteroatoms. The maximum absolute atomic E-state index is 4.27. The lowest BCUT2D eigenvalue weighted by Crippen LogP contribution is -2.26. The zero-order chi connectivity index (χ0) is 11.8. The molecule has 0 bridgehead atoms. The Labute approximate surface area is 106 Å². The van der Waals surface area contributed by atoms with Crippen LogP contribution in [0.25, 0.3) is 0 Å². The maximum Gasteiger partial charge on any atom is 0.0450 e. The van der Waals surface area contributed by atoms with Crippen molar-refractivity contribution in [2.24, 2.45) is 0 Å². The smallest absolute Gasteiger partial charge is 0.0450 e. The van der Waals surface area contributed by atoms with E-state index >= 15 is 0 Å². The van der Waals surface area contributed by atoms with Gasteiger partial charge in [-0.3, -0.25) is 0 Å². The molecule has 0 spiro atoms. The summed E-state index contributed by atoms with van der Waals surface area (Å²) in [5.74, 6) is 0. The fourth-order valence-electron chi connectivity index (χ4n) is 2.35. The van der Waals surface area contributed by atoms with E-state index in [-0.39, 0.29) is 5.41 Å².